The van der Waals surface area contributed by atoms with E-state index in [0.717, 1.165) is 11.4 Å². The lowest BCUT2D eigenvalue weighted by Crippen LogP contribution is -2.45. The average Bonchev–Trinajstić information content (AvgIpc) is 3.47. The Kier molecular flexibility index (Phi) is 5.62. The number of carbonyl (C=O) groups excluding carboxylic acids is 2. The summed E-state index contributed by atoms with van der Waals surface area (Å²) in [6.07, 6.45) is 3.51. The van der Waals surface area contributed by atoms with Crippen LogP contribution in [-0.2, 0) is 11.3 Å². The predicted octanol–water partition coefficient (Wildman–Crippen LogP) is 3.21. The average molecular weight is 418 g/mol. The topological polar surface area (TPSA) is 110 Å². The van der Waals surface area contributed by atoms with Crippen molar-refractivity contribution in [2.24, 2.45) is 5.92 Å². The number of rotatable bonds is 5. The van der Waals surface area contributed by atoms with Crippen molar-refractivity contribution < 1.29 is 14.7 Å². The molecule has 1 saturated carbocycles. The van der Waals surface area contributed by atoms with Gasteiger partial charge in [0.05, 0.1) is 23.6 Å². The minimum atomic E-state index is -0.217. The zero-order valence-corrected chi connectivity index (χ0v) is 16.7. The molecule has 1 aromatic heterocycles. The number of anilines is 1. The molecule has 0 bridgehead atoms. The minimum Gasteiger partial charge on any atom is -0.506 e. The van der Waals surface area contributed by atoms with Gasteiger partial charge in [0.25, 0.3) is 0 Å². The number of aromatic amines is 1. The number of amides is 3. The Bertz CT molecular complexity index is 903. The Morgan fingerprint density at radius 1 is 1.21 bits per heavy atom. The highest BCUT2D eigenvalue weighted by Gasteiger charge is 2.28. The molecule has 3 amide bonds. The number of urea groups is 1. The van der Waals surface area contributed by atoms with Crippen LogP contribution in [0.1, 0.15) is 43.0 Å². The molecule has 4 N–H and O–H groups in total. The van der Waals surface area contributed by atoms with Crippen LogP contribution in [0.4, 0.5) is 10.5 Å². The number of likely N-dealkylation sites (tertiary alicyclic amines) is 1. The quantitative estimate of drug-likeness (QED) is 0.560. The molecule has 0 atom stereocenters. The second-order valence-corrected chi connectivity index (χ2v) is 8.10. The lowest BCUT2D eigenvalue weighted by Gasteiger charge is -2.31. The molecule has 0 spiro atoms. The van der Waals surface area contributed by atoms with Crippen molar-refractivity contribution in [3.8, 4) is 5.75 Å². The van der Waals surface area contributed by atoms with Gasteiger partial charge in [-0.15, -0.1) is 0 Å². The van der Waals surface area contributed by atoms with Gasteiger partial charge in [-0.3, -0.25) is 9.89 Å². The van der Waals surface area contributed by atoms with Crippen LogP contribution >= 0.6 is 11.6 Å². The number of hydrogen-bond donors (Lipinski definition) is 4. The van der Waals surface area contributed by atoms with Crippen molar-refractivity contribution >= 4 is 29.2 Å². The number of aromatic hydroxyl groups is 1. The van der Waals surface area contributed by atoms with Crippen molar-refractivity contribution in [1.82, 2.24) is 20.4 Å². The molecule has 154 valence electrons. The van der Waals surface area contributed by atoms with Gasteiger partial charge < -0.3 is 20.6 Å². The van der Waals surface area contributed by atoms with Gasteiger partial charge in [0.2, 0.25) is 5.91 Å². The van der Waals surface area contributed by atoms with E-state index in [1.807, 2.05) is 6.07 Å². The summed E-state index contributed by atoms with van der Waals surface area (Å²) >= 11 is 5.91. The predicted molar refractivity (Wildman–Crippen MR) is 109 cm³/mol. The van der Waals surface area contributed by atoms with Gasteiger partial charge in [0, 0.05) is 29.9 Å². The van der Waals surface area contributed by atoms with Crippen LogP contribution in [0.3, 0.4) is 0 Å². The summed E-state index contributed by atoms with van der Waals surface area (Å²) in [6.45, 7) is 1.41. The maximum Gasteiger partial charge on any atom is 0.317 e. The lowest BCUT2D eigenvalue weighted by atomic mass is 9.96. The van der Waals surface area contributed by atoms with Crippen molar-refractivity contribution in [1.29, 1.82) is 0 Å². The molecule has 0 radical (unpaired) electrons. The van der Waals surface area contributed by atoms with E-state index in [-0.39, 0.29) is 23.6 Å². The summed E-state index contributed by atoms with van der Waals surface area (Å²) in [7, 11) is 0. The highest BCUT2D eigenvalue weighted by atomic mass is 35.5. The summed E-state index contributed by atoms with van der Waals surface area (Å²) in [6, 6.07) is 6.39. The maximum absolute atomic E-state index is 12.5. The van der Waals surface area contributed by atoms with Crippen molar-refractivity contribution in [2.75, 3.05) is 18.4 Å². The maximum atomic E-state index is 12.5. The fourth-order valence-electron chi connectivity index (χ4n) is 3.53. The van der Waals surface area contributed by atoms with Crippen molar-refractivity contribution in [2.45, 2.75) is 38.1 Å². The Hall–Kier alpha value is -2.74. The molecule has 1 aliphatic heterocycles. The smallest absolute Gasteiger partial charge is 0.317 e. The first kappa shape index (κ1) is 19.6. The van der Waals surface area contributed by atoms with E-state index in [4.69, 9.17) is 11.6 Å². The molecule has 9 heteroatoms. The second kappa shape index (κ2) is 8.32. The third-order valence-electron chi connectivity index (χ3n) is 5.45. The second-order valence-electron chi connectivity index (χ2n) is 7.66. The number of halogens is 1. The van der Waals surface area contributed by atoms with Crippen LogP contribution in [0.15, 0.2) is 24.3 Å². The molecular weight excluding hydrogens is 394 g/mol. The molecule has 1 saturated heterocycles. The molecule has 1 aliphatic carbocycles. The highest BCUT2D eigenvalue weighted by molar-refractivity contribution is 6.31. The van der Waals surface area contributed by atoms with Crippen molar-refractivity contribution in [3.63, 3.8) is 0 Å². The first-order valence-electron chi connectivity index (χ1n) is 9.86. The number of nitrogens with one attached hydrogen (secondary N) is 3. The van der Waals surface area contributed by atoms with Gasteiger partial charge in [-0.25, -0.2) is 4.79 Å². The molecular formula is C20H24ClN5O3. The number of benzene rings is 1. The Labute approximate surface area is 173 Å². The van der Waals surface area contributed by atoms with E-state index in [9.17, 15) is 14.7 Å². The molecule has 0 unspecified atom stereocenters. The lowest BCUT2D eigenvalue weighted by molar-refractivity contribution is -0.121. The van der Waals surface area contributed by atoms with Crippen LogP contribution in [-0.4, -0.2) is 45.2 Å². The Morgan fingerprint density at radius 3 is 2.69 bits per heavy atom. The number of H-pyrrole nitrogens is 1. The number of phenolic OH excluding ortho intramolecular Hbond substituents is 1. The highest BCUT2D eigenvalue weighted by Crippen LogP contribution is 2.39. The molecule has 29 heavy (non-hydrogen) atoms. The Morgan fingerprint density at radius 2 is 1.97 bits per heavy atom. The van der Waals surface area contributed by atoms with Gasteiger partial charge in [-0.2, -0.15) is 5.10 Å². The van der Waals surface area contributed by atoms with Crippen molar-refractivity contribution in [3.05, 3.63) is 40.7 Å². The number of nitrogens with zero attached hydrogens (tertiary/aromatic N) is 2. The van der Waals surface area contributed by atoms with Crippen LogP contribution in [0.2, 0.25) is 5.02 Å². The van der Waals surface area contributed by atoms with Gasteiger partial charge in [-0.1, -0.05) is 11.6 Å². The standard InChI is InChI=1S/C20H24ClN5O3/c21-14-3-4-18(27)17(9-14)23-19(28)13-5-7-26(8-6-13)20(29)22-11-15-10-16(25-24-15)12-1-2-12/h3-4,9-10,12-13,27H,1-2,5-8,11H2,(H,22,29)(H,23,28)(H,24,25). The number of phenols is 1. The van der Waals surface area contributed by atoms with Gasteiger partial charge in [-0.05, 0) is 49.9 Å². The molecule has 1 aromatic carbocycles. The normalized spacial score (nSPS) is 17.2. The fraction of sp³-hybridized carbons (Fsp3) is 0.450. The zero-order valence-electron chi connectivity index (χ0n) is 15.9. The van der Waals surface area contributed by atoms with Crippen LogP contribution in [0.5, 0.6) is 5.75 Å². The number of hydrogen-bond acceptors (Lipinski definition) is 4. The SMILES string of the molecule is O=C(Nc1cc(Cl)ccc1O)C1CCN(C(=O)NCc2cc(C3CC3)n[nH]2)CC1. The summed E-state index contributed by atoms with van der Waals surface area (Å²) in [5.74, 6) is 0.164. The Balaban J connectivity index is 1.23. The third-order valence-corrected chi connectivity index (χ3v) is 5.68. The van der Waals surface area contributed by atoms with E-state index in [2.05, 4.69) is 20.8 Å². The molecule has 2 aliphatic rings. The number of piperidine rings is 1. The molecule has 8 nitrogen and oxygen atoms in total. The fourth-order valence-corrected chi connectivity index (χ4v) is 3.70. The molecule has 2 heterocycles. The largest absolute Gasteiger partial charge is 0.506 e. The number of carbonyl (C=O) groups is 2. The van der Waals surface area contributed by atoms with Gasteiger partial charge in [0.15, 0.2) is 0 Å². The summed E-state index contributed by atoms with van der Waals surface area (Å²) in [5.41, 5.74) is 2.27. The monoisotopic (exact) mass is 417 g/mol. The molecule has 2 aromatic rings. The molecule has 2 fully saturated rings. The van der Waals surface area contributed by atoms with E-state index >= 15 is 0 Å². The third kappa shape index (κ3) is 4.82. The zero-order chi connectivity index (χ0) is 20.4. The number of aromatic nitrogens is 2. The van der Waals surface area contributed by atoms with Gasteiger partial charge >= 0.3 is 6.03 Å². The van der Waals surface area contributed by atoms with Crippen LogP contribution in [0, 0.1) is 5.92 Å². The first-order chi connectivity index (χ1) is 14.0. The van der Waals surface area contributed by atoms with E-state index in [0.29, 0.717) is 49.1 Å². The van der Waals surface area contributed by atoms with E-state index in [1.54, 1.807) is 11.0 Å². The first-order valence-corrected chi connectivity index (χ1v) is 10.2. The van der Waals surface area contributed by atoms with Crippen LogP contribution < -0.4 is 10.6 Å². The van der Waals surface area contributed by atoms with E-state index < -0.39 is 0 Å². The summed E-state index contributed by atoms with van der Waals surface area (Å²) in [4.78, 5) is 26.6. The molecule has 4 rings (SSSR count). The minimum absolute atomic E-state index is 0.0248. The van der Waals surface area contributed by atoms with E-state index in [1.165, 1.54) is 25.0 Å². The summed E-state index contributed by atoms with van der Waals surface area (Å²) < 4.78 is 0. The van der Waals surface area contributed by atoms with Crippen LogP contribution in [0.25, 0.3) is 0 Å². The van der Waals surface area contributed by atoms with Gasteiger partial charge in [0.1, 0.15) is 5.75 Å². The summed E-state index contributed by atoms with van der Waals surface area (Å²) in [5, 5.41) is 23.2.